The van der Waals surface area contributed by atoms with Crippen molar-refractivity contribution in [3.63, 3.8) is 0 Å². The van der Waals surface area contributed by atoms with E-state index >= 15 is 0 Å². The molecule has 0 radical (unpaired) electrons. The molecule has 0 rings (SSSR count). The Kier molecular flexibility index (Phi) is 50.1. The lowest BCUT2D eigenvalue weighted by Gasteiger charge is -2.27. The predicted octanol–water partition coefficient (Wildman–Crippen LogP) is 18.1. The molecule has 0 aromatic carbocycles. The molecule has 0 heterocycles. The minimum Gasteiger partial charge on any atom is -0.456 e. The highest BCUT2D eigenvalue weighted by Crippen LogP contribution is 2.43. The van der Waals surface area contributed by atoms with E-state index in [4.69, 9.17) is 13.8 Å². The Bertz CT molecular complexity index is 1460. The third-order valence-electron chi connectivity index (χ3n) is 12.9. The number of hydrogen-bond acceptors (Lipinski definition) is 6. The van der Waals surface area contributed by atoms with Crippen LogP contribution in [-0.4, -0.2) is 74.3 Å². The molecule has 2 N–H and O–H groups in total. The number of quaternary nitrogens is 1. The van der Waals surface area contributed by atoms with Crippen LogP contribution < -0.4 is 5.32 Å². The van der Waals surface area contributed by atoms with E-state index in [1.54, 1.807) is 0 Å². The highest BCUT2D eigenvalue weighted by atomic mass is 31.2. The number of carbonyl (C=O) groups is 2. The molecule has 10 heteroatoms. The maximum atomic E-state index is 13.5. The lowest BCUT2D eigenvalue weighted by molar-refractivity contribution is -0.870. The number of nitrogens with zero attached hydrogens (tertiary/aromatic N) is 1. The summed E-state index contributed by atoms with van der Waals surface area (Å²) in [5.41, 5.74) is 0. The van der Waals surface area contributed by atoms with Crippen LogP contribution in [0.4, 0.5) is 0 Å². The molecule has 9 nitrogen and oxygen atoms in total. The molecule has 0 fully saturated rings. The quantitative estimate of drug-likeness (QED) is 0.0205. The zero-order chi connectivity index (χ0) is 52.9. The molecule has 72 heavy (non-hydrogen) atoms. The van der Waals surface area contributed by atoms with Gasteiger partial charge < -0.3 is 19.4 Å². The molecule has 0 aliphatic carbocycles. The van der Waals surface area contributed by atoms with Crippen LogP contribution in [0.1, 0.15) is 258 Å². The second kappa shape index (κ2) is 51.9. The van der Waals surface area contributed by atoms with Crippen LogP contribution >= 0.6 is 7.82 Å². The molecule has 0 aliphatic rings. The number of unbranched alkanes of at least 4 members (excludes halogenated alkanes) is 27. The number of carbonyl (C=O) groups excluding carboxylic acids is 2. The number of likely N-dealkylation sites (N-methyl/N-ethyl adjacent to an activating group) is 1. The molecular weight excluding hydrogens is 916 g/mol. The monoisotopic (exact) mass is 1030 g/mol. The molecule has 3 atom stereocenters. The number of amides is 1. The lowest BCUT2D eigenvalue weighted by atomic mass is 10.0. The van der Waals surface area contributed by atoms with Gasteiger partial charge in [-0.3, -0.25) is 18.6 Å². The van der Waals surface area contributed by atoms with Gasteiger partial charge in [-0.25, -0.2) is 4.57 Å². The summed E-state index contributed by atoms with van der Waals surface area (Å²) in [6.45, 7) is 6.92. The molecule has 0 aromatic heterocycles. The Morgan fingerprint density at radius 3 is 1.35 bits per heavy atom. The highest BCUT2D eigenvalue weighted by molar-refractivity contribution is 7.47. The number of rotatable bonds is 53. The fourth-order valence-electron chi connectivity index (χ4n) is 8.20. The first kappa shape index (κ1) is 69.5. The summed E-state index contributed by atoms with van der Waals surface area (Å²) in [6, 6.07) is -0.858. The van der Waals surface area contributed by atoms with Gasteiger partial charge in [-0.1, -0.05) is 222 Å². The maximum absolute atomic E-state index is 13.5. The molecule has 0 bridgehead atoms. The third-order valence-corrected chi connectivity index (χ3v) is 13.9. The number of phosphoric acid groups is 1. The SMILES string of the molecule is CCCC/C=C\CCCCCCCC(=O)OC(/C=C\CCCCCCCCCCCC)C(COP(=O)(O)OCC[N+](C)(C)C)NC(=O)CCCCCCCCC/C=C\C/C=C\C/C=C\C/C=C\CCCCC. The number of phosphoric ester groups is 1. The first-order chi connectivity index (χ1) is 34.9. The Labute approximate surface area is 444 Å². The first-order valence-electron chi connectivity index (χ1n) is 29.8. The van der Waals surface area contributed by atoms with Gasteiger partial charge in [0.1, 0.15) is 19.3 Å². The van der Waals surface area contributed by atoms with Crippen molar-refractivity contribution in [1.82, 2.24) is 5.32 Å². The Morgan fingerprint density at radius 2 is 0.861 bits per heavy atom. The minimum absolute atomic E-state index is 0.0342. The number of nitrogens with one attached hydrogen (secondary N) is 1. The van der Waals surface area contributed by atoms with Crippen LogP contribution in [0.2, 0.25) is 0 Å². The van der Waals surface area contributed by atoms with E-state index in [0.717, 1.165) is 116 Å². The normalized spacial score (nSPS) is 14.3. The van der Waals surface area contributed by atoms with Gasteiger partial charge in [-0.2, -0.15) is 0 Å². The van der Waals surface area contributed by atoms with Gasteiger partial charge in [0.05, 0.1) is 33.8 Å². The van der Waals surface area contributed by atoms with Gasteiger partial charge in [0.25, 0.3) is 0 Å². The average Bonchev–Trinajstić information content (AvgIpc) is 3.34. The second-order valence-electron chi connectivity index (χ2n) is 21.2. The fraction of sp³-hybridized carbons (Fsp3) is 0.774. The Morgan fingerprint density at radius 1 is 0.486 bits per heavy atom. The summed E-state index contributed by atoms with van der Waals surface area (Å²) in [5.74, 6) is -0.530. The third kappa shape index (κ3) is 52.3. The Hall–Kier alpha value is -2.55. The number of allylic oxidation sites excluding steroid dienone is 11. The first-order valence-corrected chi connectivity index (χ1v) is 31.3. The van der Waals surface area contributed by atoms with Crippen LogP contribution in [0, 0.1) is 0 Å². The van der Waals surface area contributed by atoms with Crippen molar-refractivity contribution in [2.45, 2.75) is 270 Å². The summed E-state index contributed by atoms with van der Waals surface area (Å²) in [4.78, 5) is 37.6. The van der Waals surface area contributed by atoms with Crippen molar-refractivity contribution < 1.29 is 37.3 Å². The summed E-state index contributed by atoms with van der Waals surface area (Å²) in [5, 5.41) is 3.04. The smallest absolute Gasteiger partial charge is 0.456 e. The van der Waals surface area contributed by atoms with Gasteiger partial charge in [-0.15, -0.1) is 0 Å². The van der Waals surface area contributed by atoms with Gasteiger partial charge in [0.15, 0.2) is 0 Å². The van der Waals surface area contributed by atoms with Crippen LogP contribution in [0.3, 0.4) is 0 Å². The molecule has 0 saturated heterocycles. The molecule has 418 valence electrons. The van der Waals surface area contributed by atoms with Crippen LogP contribution in [0.5, 0.6) is 0 Å². The Balaban J connectivity index is 5.22. The summed E-state index contributed by atoms with van der Waals surface area (Å²) in [7, 11) is 1.48. The van der Waals surface area contributed by atoms with E-state index in [1.807, 2.05) is 33.3 Å². The summed E-state index contributed by atoms with van der Waals surface area (Å²) in [6.07, 6.45) is 66.1. The standard InChI is InChI=1S/C62H113N2O7P/c1-7-10-13-16-19-22-25-27-28-29-30-31-32-33-34-35-36-37-40-42-45-48-51-54-61(65)63-59(58-70-72(67,68)69-57-56-64(4,5)6)60(53-50-47-44-41-39-26-23-20-17-14-11-8-2)71-62(66)55-52-49-46-43-38-24-21-18-15-12-9-3/h18-19,21-22,27-28,30-31,33-34,50,53,59-60H,7-17,20,23-26,29,32,35-49,51-52,54-58H2,1-6H3,(H-,63,65,67,68)/p+1/b21-18-,22-19-,28-27-,31-30-,34-33-,53-50-. The van der Waals surface area contributed by atoms with Crippen LogP contribution in [0.15, 0.2) is 72.9 Å². The zero-order valence-corrected chi connectivity index (χ0v) is 48.6. The van der Waals surface area contributed by atoms with E-state index in [-0.39, 0.29) is 31.5 Å². The molecule has 0 spiro atoms. The summed E-state index contributed by atoms with van der Waals surface area (Å²) < 4.78 is 30.6. The molecule has 3 unspecified atom stereocenters. The van der Waals surface area contributed by atoms with Crippen molar-refractivity contribution >= 4 is 19.7 Å². The highest BCUT2D eigenvalue weighted by Gasteiger charge is 2.30. The van der Waals surface area contributed by atoms with Crippen molar-refractivity contribution in [1.29, 1.82) is 0 Å². The van der Waals surface area contributed by atoms with Crippen molar-refractivity contribution in [3.05, 3.63) is 72.9 Å². The van der Waals surface area contributed by atoms with E-state index < -0.39 is 20.0 Å². The zero-order valence-electron chi connectivity index (χ0n) is 47.7. The minimum atomic E-state index is -4.45. The number of esters is 1. The van der Waals surface area contributed by atoms with Crippen molar-refractivity contribution in [2.75, 3.05) is 40.9 Å². The van der Waals surface area contributed by atoms with Gasteiger partial charge >= 0.3 is 13.8 Å². The average molecular weight is 1030 g/mol. The molecular formula is C62H114N2O7P+. The number of ether oxygens (including phenoxy) is 1. The van der Waals surface area contributed by atoms with Crippen LogP contribution in [-0.2, 0) is 27.9 Å². The van der Waals surface area contributed by atoms with Crippen molar-refractivity contribution in [2.24, 2.45) is 0 Å². The number of hydrogen-bond donors (Lipinski definition) is 2. The van der Waals surface area contributed by atoms with E-state index in [0.29, 0.717) is 17.4 Å². The van der Waals surface area contributed by atoms with Gasteiger partial charge in [-0.05, 0) is 96.0 Å². The van der Waals surface area contributed by atoms with Crippen LogP contribution in [0.25, 0.3) is 0 Å². The van der Waals surface area contributed by atoms with Gasteiger partial charge in [0, 0.05) is 12.8 Å². The lowest BCUT2D eigenvalue weighted by Crippen LogP contribution is -2.47. The molecule has 0 saturated carbocycles. The van der Waals surface area contributed by atoms with Crippen molar-refractivity contribution in [3.8, 4) is 0 Å². The van der Waals surface area contributed by atoms with E-state index in [2.05, 4.69) is 86.8 Å². The van der Waals surface area contributed by atoms with E-state index in [9.17, 15) is 19.0 Å². The molecule has 0 aliphatic heterocycles. The largest absolute Gasteiger partial charge is 0.472 e. The predicted molar refractivity (Wildman–Crippen MR) is 309 cm³/mol. The van der Waals surface area contributed by atoms with Gasteiger partial charge in [0.2, 0.25) is 5.91 Å². The molecule has 0 aromatic rings. The fourth-order valence-corrected chi connectivity index (χ4v) is 8.93. The maximum Gasteiger partial charge on any atom is 0.472 e. The summed E-state index contributed by atoms with van der Waals surface area (Å²) >= 11 is 0. The topological polar surface area (TPSA) is 111 Å². The molecule has 1 amide bonds. The van der Waals surface area contributed by atoms with E-state index in [1.165, 1.54) is 109 Å². The second-order valence-corrected chi connectivity index (χ2v) is 22.6.